The third kappa shape index (κ3) is 11.5. The van der Waals surface area contributed by atoms with Crippen LogP contribution in [0.15, 0.2) is 4.99 Å². The molecule has 2 amide bonds. The summed E-state index contributed by atoms with van der Waals surface area (Å²) in [7, 11) is 0. The summed E-state index contributed by atoms with van der Waals surface area (Å²) in [4.78, 5) is 25.5. The molecule has 0 aromatic carbocycles. The molecule has 5 nitrogen and oxygen atoms in total. The molecule has 0 spiro atoms. The summed E-state index contributed by atoms with van der Waals surface area (Å²) in [6, 6.07) is -0.253. The van der Waals surface area contributed by atoms with Gasteiger partial charge in [0.25, 0.3) is 0 Å². The van der Waals surface area contributed by atoms with Gasteiger partial charge in [-0.1, -0.05) is 46.0 Å². The molecule has 0 aliphatic rings. The molecular formula is C14H27N3O2. The molecule has 0 radical (unpaired) electrons. The second-order valence-corrected chi connectivity index (χ2v) is 4.69. The van der Waals surface area contributed by atoms with E-state index in [4.69, 9.17) is 0 Å². The van der Waals surface area contributed by atoms with Gasteiger partial charge in [-0.15, -0.1) is 0 Å². The second-order valence-electron chi connectivity index (χ2n) is 4.69. The number of nitrogens with one attached hydrogen (secondary N) is 2. The minimum absolute atomic E-state index is 0.253. The van der Waals surface area contributed by atoms with E-state index in [0.717, 1.165) is 32.1 Å². The quantitative estimate of drug-likeness (QED) is 0.344. The highest BCUT2D eigenvalue weighted by atomic mass is 16.2. The first-order valence-corrected chi connectivity index (χ1v) is 7.35. The van der Waals surface area contributed by atoms with Crippen molar-refractivity contribution in [1.29, 1.82) is 0 Å². The molecule has 0 aromatic heterocycles. The molecule has 0 aliphatic heterocycles. The Morgan fingerprint density at radius 3 is 2.42 bits per heavy atom. The van der Waals surface area contributed by atoms with Gasteiger partial charge in [-0.2, -0.15) is 4.99 Å². The number of isocyanates is 1. The summed E-state index contributed by atoms with van der Waals surface area (Å²) < 4.78 is 0. The Morgan fingerprint density at radius 1 is 1.11 bits per heavy atom. The van der Waals surface area contributed by atoms with Crippen LogP contribution in [0, 0.1) is 0 Å². The Labute approximate surface area is 116 Å². The van der Waals surface area contributed by atoms with Crippen molar-refractivity contribution in [2.24, 2.45) is 4.99 Å². The number of nitrogens with zero attached hydrogens (tertiary/aromatic N) is 1. The van der Waals surface area contributed by atoms with Crippen molar-refractivity contribution in [3.05, 3.63) is 0 Å². The average Bonchev–Trinajstić information content (AvgIpc) is 2.39. The van der Waals surface area contributed by atoms with E-state index in [0.29, 0.717) is 13.0 Å². The number of unbranched alkanes of at least 4 members (excludes halogenated alkanes) is 5. The number of hydrogen-bond donors (Lipinski definition) is 2. The maximum absolute atomic E-state index is 11.6. The zero-order valence-corrected chi connectivity index (χ0v) is 12.2. The topological polar surface area (TPSA) is 70.6 Å². The number of rotatable bonds is 11. The summed E-state index contributed by atoms with van der Waals surface area (Å²) in [5.74, 6) is 0. The first-order chi connectivity index (χ1) is 9.24. The molecule has 0 saturated heterocycles. The fourth-order valence-corrected chi connectivity index (χ4v) is 1.78. The molecule has 110 valence electrons. The maximum Gasteiger partial charge on any atom is 0.316 e. The van der Waals surface area contributed by atoms with Crippen molar-refractivity contribution >= 4 is 12.1 Å². The van der Waals surface area contributed by atoms with Crippen LogP contribution in [0.25, 0.3) is 0 Å². The van der Waals surface area contributed by atoms with Crippen molar-refractivity contribution < 1.29 is 9.59 Å². The molecule has 0 rings (SSSR count). The lowest BCUT2D eigenvalue weighted by molar-refractivity contribution is 0.236. The van der Waals surface area contributed by atoms with Gasteiger partial charge in [-0.25, -0.2) is 9.59 Å². The Balaban J connectivity index is 3.79. The number of urea groups is 1. The Bertz CT molecular complexity index is 276. The minimum atomic E-state index is -0.445. The molecule has 5 heteroatoms. The highest BCUT2D eigenvalue weighted by Crippen LogP contribution is 2.04. The molecule has 2 N–H and O–H groups in total. The number of carbonyl (C=O) groups is 1. The van der Waals surface area contributed by atoms with Crippen LogP contribution in [0.5, 0.6) is 0 Å². The van der Waals surface area contributed by atoms with Crippen LogP contribution in [0.4, 0.5) is 4.79 Å². The summed E-state index contributed by atoms with van der Waals surface area (Å²) >= 11 is 0. The molecule has 0 saturated carbocycles. The fraction of sp³-hybridized carbons (Fsp3) is 0.857. The minimum Gasteiger partial charge on any atom is -0.338 e. The van der Waals surface area contributed by atoms with Gasteiger partial charge in [-0.3, -0.25) is 0 Å². The smallest absolute Gasteiger partial charge is 0.316 e. The Hall–Kier alpha value is -1.35. The van der Waals surface area contributed by atoms with E-state index in [9.17, 15) is 9.59 Å². The molecule has 0 aromatic rings. The lowest BCUT2D eigenvalue weighted by atomic mass is 10.2. The first-order valence-electron chi connectivity index (χ1n) is 7.35. The van der Waals surface area contributed by atoms with Crippen LogP contribution >= 0.6 is 0 Å². The zero-order chi connectivity index (χ0) is 14.3. The molecule has 19 heavy (non-hydrogen) atoms. The predicted octanol–water partition coefficient (Wildman–Crippen LogP) is 3.11. The molecule has 0 heterocycles. The Morgan fingerprint density at radius 2 is 1.79 bits per heavy atom. The van der Waals surface area contributed by atoms with Gasteiger partial charge >= 0.3 is 6.03 Å². The Kier molecular flexibility index (Phi) is 12.2. The van der Waals surface area contributed by atoms with Crippen LogP contribution in [0.2, 0.25) is 0 Å². The molecule has 0 bridgehead atoms. The van der Waals surface area contributed by atoms with Gasteiger partial charge in [0, 0.05) is 6.54 Å². The van der Waals surface area contributed by atoms with Crippen LogP contribution < -0.4 is 10.6 Å². The van der Waals surface area contributed by atoms with E-state index in [1.54, 1.807) is 0 Å². The number of carbonyl (C=O) groups excluding carboxylic acids is 2. The molecule has 1 unspecified atom stereocenters. The molecule has 1 atom stereocenters. The van der Waals surface area contributed by atoms with Crippen LogP contribution in [0.3, 0.4) is 0 Å². The van der Waals surface area contributed by atoms with Crippen molar-refractivity contribution in [1.82, 2.24) is 10.6 Å². The zero-order valence-electron chi connectivity index (χ0n) is 12.2. The van der Waals surface area contributed by atoms with E-state index < -0.39 is 6.17 Å². The summed E-state index contributed by atoms with van der Waals surface area (Å²) in [5, 5.41) is 5.47. The van der Waals surface area contributed by atoms with E-state index >= 15 is 0 Å². The van der Waals surface area contributed by atoms with E-state index in [1.807, 2.05) is 0 Å². The van der Waals surface area contributed by atoms with Crippen molar-refractivity contribution in [3.63, 3.8) is 0 Å². The van der Waals surface area contributed by atoms with Gasteiger partial charge in [0.05, 0.1) is 0 Å². The largest absolute Gasteiger partial charge is 0.338 e. The number of aliphatic imine (C=N–C) groups is 1. The predicted molar refractivity (Wildman–Crippen MR) is 76.7 cm³/mol. The van der Waals surface area contributed by atoms with E-state index in [2.05, 4.69) is 29.5 Å². The lowest BCUT2D eigenvalue weighted by Crippen LogP contribution is -2.41. The van der Waals surface area contributed by atoms with Gasteiger partial charge < -0.3 is 10.6 Å². The summed E-state index contributed by atoms with van der Waals surface area (Å²) in [5.41, 5.74) is 0. The van der Waals surface area contributed by atoms with Gasteiger partial charge in [-0.05, 0) is 19.3 Å². The molecular weight excluding hydrogens is 242 g/mol. The third-order valence-corrected chi connectivity index (χ3v) is 2.90. The normalized spacial score (nSPS) is 11.5. The highest BCUT2D eigenvalue weighted by Gasteiger charge is 2.09. The van der Waals surface area contributed by atoms with Crippen LogP contribution in [0.1, 0.15) is 65.2 Å². The third-order valence-electron chi connectivity index (χ3n) is 2.90. The van der Waals surface area contributed by atoms with Crippen LogP contribution in [-0.4, -0.2) is 24.8 Å². The fourth-order valence-electron chi connectivity index (χ4n) is 1.78. The maximum atomic E-state index is 11.6. The second kappa shape index (κ2) is 13.1. The van der Waals surface area contributed by atoms with Crippen molar-refractivity contribution in [2.45, 2.75) is 71.4 Å². The average molecular weight is 269 g/mol. The number of amides is 2. The lowest BCUT2D eigenvalue weighted by Gasteiger charge is -2.13. The highest BCUT2D eigenvalue weighted by molar-refractivity contribution is 5.74. The van der Waals surface area contributed by atoms with Gasteiger partial charge in [0.15, 0.2) is 0 Å². The van der Waals surface area contributed by atoms with E-state index in [1.165, 1.54) is 18.9 Å². The monoisotopic (exact) mass is 269 g/mol. The SMILES string of the molecule is CCCCCCNC(=O)NC(CCCCC)N=C=O. The standard InChI is InChI=1S/C14H27N3O2/c1-3-5-7-9-11-15-14(19)17-13(16-12-18)10-8-6-4-2/h13H,3-11H2,1-2H3,(H2,15,17,19). The van der Waals surface area contributed by atoms with E-state index in [-0.39, 0.29) is 6.03 Å². The van der Waals surface area contributed by atoms with Crippen LogP contribution in [-0.2, 0) is 4.79 Å². The van der Waals surface area contributed by atoms with Gasteiger partial charge in [0.1, 0.15) is 6.17 Å². The van der Waals surface area contributed by atoms with Crippen molar-refractivity contribution in [3.8, 4) is 0 Å². The number of hydrogen-bond acceptors (Lipinski definition) is 3. The first kappa shape index (κ1) is 17.6. The molecule has 0 fully saturated rings. The van der Waals surface area contributed by atoms with Crippen molar-refractivity contribution in [2.75, 3.05) is 6.54 Å². The van der Waals surface area contributed by atoms with Gasteiger partial charge in [0.2, 0.25) is 6.08 Å². The summed E-state index contributed by atoms with van der Waals surface area (Å²) in [6.07, 6.45) is 9.37. The molecule has 0 aliphatic carbocycles. The summed E-state index contributed by atoms with van der Waals surface area (Å²) in [6.45, 7) is 4.92.